The molecule has 0 fully saturated rings. The molecule has 1 N–H and O–H groups in total. The van der Waals surface area contributed by atoms with E-state index in [0.29, 0.717) is 12.3 Å². The molecule has 2 aromatic heterocycles. The highest BCUT2D eigenvalue weighted by molar-refractivity contribution is 9.10. The molecule has 152 valence electrons. The van der Waals surface area contributed by atoms with Gasteiger partial charge in [0.25, 0.3) is 0 Å². The third-order valence-corrected chi connectivity index (χ3v) is 7.12. The van der Waals surface area contributed by atoms with Crippen LogP contribution in [0, 0.1) is 0 Å². The fraction of sp³-hybridized carbons (Fsp3) is 0.150. The monoisotopic (exact) mass is 494 g/mol. The Hall–Kier alpha value is -2.20. The van der Waals surface area contributed by atoms with Crippen LogP contribution in [0.15, 0.2) is 74.0 Å². The van der Waals surface area contributed by atoms with E-state index in [-0.39, 0.29) is 17.3 Å². The average Bonchev–Trinajstić information content (AvgIpc) is 3.36. The number of furan rings is 1. The Bertz CT molecular complexity index is 1090. The summed E-state index contributed by atoms with van der Waals surface area (Å²) in [4.78, 5) is 15.1. The van der Waals surface area contributed by atoms with Crippen LogP contribution in [-0.2, 0) is 27.9 Å². The van der Waals surface area contributed by atoms with E-state index < -0.39 is 10.0 Å². The number of carbonyl (C=O) groups is 1. The average molecular weight is 495 g/mol. The first kappa shape index (κ1) is 21.5. The van der Waals surface area contributed by atoms with E-state index in [9.17, 15) is 13.2 Å². The maximum atomic E-state index is 12.3. The van der Waals surface area contributed by atoms with Gasteiger partial charge in [-0.15, -0.1) is 11.3 Å². The van der Waals surface area contributed by atoms with Crippen molar-refractivity contribution in [2.24, 2.45) is 0 Å². The van der Waals surface area contributed by atoms with Gasteiger partial charge in [-0.2, -0.15) is 0 Å². The summed E-state index contributed by atoms with van der Waals surface area (Å²) >= 11 is 4.98. The lowest BCUT2D eigenvalue weighted by atomic mass is 10.2. The summed E-state index contributed by atoms with van der Waals surface area (Å²) < 4.78 is 33.3. The number of hydrogen-bond acceptors (Lipinski definition) is 5. The number of benzene rings is 1. The minimum absolute atomic E-state index is 0.0820. The van der Waals surface area contributed by atoms with Crippen molar-refractivity contribution in [3.63, 3.8) is 0 Å². The summed E-state index contributed by atoms with van der Waals surface area (Å²) in [5, 5.41) is 1.97. The Morgan fingerprint density at radius 1 is 1.28 bits per heavy atom. The van der Waals surface area contributed by atoms with E-state index in [2.05, 4.69) is 20.7 Å². The summed E-state index contributed by atoms with van der Waals surface area (Å²) in [6.07, 6.45) is 4.63. The normalized spacial score (nSPS) is 11.8. The van der Waals surface area contributed by atoms with Crippen LogP contribution in [0.5, 0.6) is 0 Å². The van der Waals surface area contributed by atoms with E-state index in [4.69, 9.17) is 4.42 Å². The van der Waals surface area contributed by atoms with Crippen LogP contribution >= 0.6 is 27.3 Å². The maximum absolute atomic E-state index is 12.3. The molecule has 0 saturated heterocycles. The fourth-order valence-electron chi connectivity index (χ4n) is 2.46. The van der Waals surface area contributed by atoms with Gasteiger partial charge in [-0.25, -0.2) is 13.1 Å². The number of halogens is 1. The van der Waals surface area contributed by atoms with Crippen molar-refractivity contribution in [3.8, 4) is 0 Å². The Morgan fingerprint density at radius 2 is 2.03 bits per heavy atom. The predicted molar refractivity (Wildman–Crippen MR) is 117 cm³/mol. The number of likely N-dealkylation sites (N-methyl/N-ethyl adjacent to an activating group) is 1. The van der Waals surface area contributed by atoms with Crippen molar-refractivity contribution < 1.29 is 17.6 Å². The first-order chi connectivity index (χ1) is 13.8. The Kier molecular flexibility index (Phi) is 7.07. The molecule has 0 saturated carbocycles. The van der Waals surface area contributed by atoms with Gasteiger partial charge in [0.15, 0.2) is 0 Å². The number of nitrogens with one attached hydrogen (secondary N) is 1. The molecule has 29 heavy (non-hydrogen) atoms. The van der Waals surface area contributed by atoms with Crippen LogP contribution in [-0.4, -0.2) is 26.3 Å². The van der Waals surface area contributed by atoms with Gasteiger partial charge in [0.05, 0.1) is 24.2 Å². The smallest absolute Gasteiger partial charge is 0.246 e. The molecule has 3 rings (SSSR count). The molecule has 0 aliphatic carbocycles. The highest BCUT2D eigenvalue weighted by Crippen LogP contribution is 2.21. The van der Waals surface area contributed by atoms with Crippen molar-refractivity contribution >= 4 is 49.3 Å². The molecule has 0 radical (unpaired) electrons. The maximum Gasteiger partial charge on any atom is 0.246 e. The summed E-state index contributed by atoms with van der Waals surface area (Å²) in [6.45, 7) is 0.608. The van der Waals surface area contributed by atoms with E-state index in [1.54, 1.807) is 53.6 Å². The quantitative estimate of drug-likeness (QED) is 0.474. The number of carbonyl (C=O) groups excluding carboxylic acids is 1. The third kappa shape index (κ3) is 6.14. The Balaban J connectivity index is 1.58. The highest BCUT2D eigenvalue weighted by atomic mass is 79.9. The molecule has 0 aliphatic rings. The highest BCUT2D eigenvalue weighted by Gasteiger charge is 2.14. The van der Waals surface area contributed by atoms with Crippen molar-refractivity contribution in [3.05, 3.63) is 80.9 Å². The topological polar surface area (TPSA) is 79.6 Å². The number of thiophene rings is 1. The van der Waals surface area contributed by atoms with Crippen LogP contribution < -0.4 is 4.72 Å². The minimum Gasteiger partial charge on any atom is -0.468 e. The fourth-order valence-corrected chi connectivity index (χ4v) is 4.96. The molecule has 1 amide bonds. The summed E-state index contributed by atoms with van der Waals surface area (Å²) in [7, 11) is -1.91. The van der Waals surface area contributed by atoms with Crippen molar-refractivity contribution in [2.75, 3.05) is 7.05 Å². The zero-order chi connectivity index (χ0) is 20.9. The number of hydrogen-bond donors (Lipinski definition) is 1. The Labute approximate surface area is 182 Å². The molecule has 6 nitrogen and oxygen atoms in total. The summed E-state index contributed by atoms with van der Waals surface area (Å²) in [5.41, 5.74) is 0.732. The first-order valence-electron chi connectivity index (χ1n) is 8.62. The second-order valence-electron chi connectivity index (χ2n) is 6.23. The van der Waals surface area contributed by atoms with E-state index in [1.165, 1.54) is 24.5 Å². The molecule has 3 aromatic rings. The van der Waals surface area contributed by atoms with Crippen LogP contribution in [0.1, 0.15) is 16.2 Å². The molecule has 0 bridgehead atoms. The number of amides is 1. The lowest BCUT2D eigenvalue weighted by Gasteiger charge is -2.13. The number of sulfonamides is 1. The van der Waals surface area contributed by atoms with Gasteiger partial charge in [-0.3, -0.25) is 4.79 Å². The third-order valence-electron chi connectivity index (χ3n) is 4.02. The van der Waals surface area contributed by atoms with Crippen molar-refractivity contribution in [2.45, 2.75) is 18.0 Å². The summed E-state index contributed by atoms with van der Waals surface area (Å²) in [5.74, 6) is 0.400. The lowest BCUT2D eigenvalue weighted by Crippen LogP contribution is -2.23. The van der Waals surface area contributed by atoms with Gasteiger partial charge >= 0.3 is 0 Å². The molecular formula is C20H19BrN2O4S2. The minimum atomic E-state index is -3.64. The van der Waals surface area contributed by atoms with Gasteiger partial charge in [0.1, 0.15) is 5.76 Å². The predicted octanol–water partition coefficient (Wildman–Crippen LogP) is 4.25. The molecule has 2 heterocycles. The number of rotatable bonds is 8. The van der Waals surface area contributed by atoms with Crippen molar-refractivity contribution in [1.29, 1.82) is 0 Å². The van der Waals surface area contributed by atoms with Gasteiger partial charge < -0.3 is 9.32 Å². The second kappa shape index (κ2) is 9.53. The van der Waals surface area contributed by atoms with Gasteiger partial charge in [0.2, 0.25) is 15.9 Å². The van der Waals surface area contributed by atoms with E-state index in [1.807, 2.05) is 11.4 Å². The SMILES string of the molecule is CN(Cc1cc(Br)cs1)C(=O)C=Cc1ccc(S(=O)(=O)NCc2ccco2)cc1. The molecule has 0 aliphatic heterocycles. The lowest BCUT2D eigenvalue weighted by molar-refractivity contribution is -0.125. The second-order valence-corrected chi connectivity index (χ2v) is 9.91. The zero-order valence-electron chi connectivity index (χ0n) is 15.5. The largest absolute Gasteiger partial charge is 0.468 e. The van der Waals surface area contributed by atoms with Crippen LogP contribution in [0.25, 0.3) is 6.08 Å². The van der Waals surface area contributed by atoms with Gasteiger partial charge in [0, 0.05) is 27.9 Å². The van der Waals surface area contributed by atoms with Gasteiger partial charge in [-0.05, 0) is 57.9 Å². The molecule has 0 unspecified atom stereocenters. The standard InChI is InChI=1S/C20H19BrN2O4S2/c1-23(13-18-11-16(21)14-28-18)20(24)9-6-15-4-7-19(8-5-15)29(25,26)22-12-17-3-2-10-27-17/h2-11,14,22H,12-13H2,1H3. The van der Waals surface area contributed by atoms with E-state index in [0.717, 1.165) is 14.9 Å². The molecule has 0 atom stereocenters. The number of nitrogens with zero attached hydrogens (tertiary/aromatic N) is 1. The summed E-state index contributed by atoms with van der Waals surface area (Å²) in [6, 6.07) is 11.7. The van der Waals surface area contributed by atoms with Crippen LogP contribution in [0.4, 0.5) is 0 Å². The van der Waals surface area contributed by atoms with E-state index >= 15 is 0 Å². The van der Waals surface area contributed by atoms with Crippen LogP contribution in [0.3, 0.4) is 0 Å². The molecule has 1 aromatic carbocycles. The molecule has 9 heteroatoms. The molecule has 0 spiro atoms. The Morgan fingerprint density at radius 3 is 2.66 bits per heavy atom. The van der Waals surface area contributed by atoms with Crippen molar-refractivity contribution in [1.82, 2.24) is 9.62 Å². The van der Waals surface area contributed by atoms with Gasteiger partial charge in [-0.1, -0.05) is 12.1 Å². The zero-order valence-corrected chi connectivity index (χ0v) is 18.8. The first-order valence-corrected chi connectivity index (χ1v) is 11.8. The molecular weight excluding hydrogens is 476 g/mol. The van der Waals surface area contributed by atoms with Crippen LogP contribution in [0.2, 0.25) is 0 Å².